The maximum atomic E-state index is 13.6. The van der Waals surface area contributed by atoms with Gasteiger partial charge in [-0.05, 0) is 52.4 Å². The fourth-order valence-corrected chi connectivity index (χ4v) is 2.68. The quantitative estimate of drug-likeness (QED) is 0.402. The molecule has 0 aliphatic heterocycles. The predicted molar refractivity (Wildman–Crippen MR) is 101 cm³/mol. The van der Waals surface area contributed by atoms with Gasteiger partial charge in [-0.2, -0.15) is 5.26 Å². The molecule has 0 unspecified atom stereocenters. The zero-order valence-corrected chi connectivity index (χ0v) is 15.5. The first-order valence-corrected chi connectivity index (χ1v) is 8.37. The number of urea groups is 1. The van der Waals surface area contributed by atoms with Gasteiger partial charge in [-0.25, -0.2) is 9.18 Å². The summed E-state index contributed by atoms with van der Waals surface area (Å²) in [6.45, 7) is 0.0717. The van der Waals surface area contributed by atoms with E-state index < -0.39 is 11.9 Å². The SMILES string of the molecule is N#C/C(=C/c1ccc(OCc2ccccc2F)c(I)c1)C(=O)NC(N)=O. The van der Waals surface area contributed by atoms with E-state index in [1.54, 1.807) is 42.5 Å². The van der Waals surface area contributed by atoms with Crippen LogP contribution >= 0.6 is 22.6 Å². The number of imide groups is 1. The highest BCUT2D eigenvalue weighted by molar-refractivity contribution is 14.1. The molecule has 0 radical (unpaired) electrons. The van der Waals surface area contributed by atoms with Crippen LogP contribution in [0.4, 0.5) is 9.18 Å². The number of amides is 3. The van der Waals surface area contributed by atoms with Crippen molar-refractivity contribution >= 4 is 40.6 Å². The molecule has 0 atom stereocenters. The Kier molecular flexibility index (Phi) is 6.68. The van der Waals surface area contributed by atoms with Crippen LogP contribution in [0.15, 0.2) is 48.0 Å². The van der Waals surface area contributed by atoms with E-state index in [1.807, 2.05) is 27.9 Å². The van der Waals surface area contributed by atoms with Gasteiger partial charge in [0.25, 0.3) is 5.91 Å². The number of carbonyl (C=O) groups is 2. The number of nitrogens with zero attached hydrogens (tertiary/aromatic N) is 1. The minimum absolute atomic E-state index is 0.0717. The Morgan fingerprint density at radius 2 is 2.04 bits per heavy atom. The van der Waals surface area contributed by atoms with E-state index in [4.69, 9.17) is 15.7 Å². The average Bonchev–Trinajstić information content (AvgIpc) is 2.59. The van der Waals surface area contributed by atoms with Crippen LogP contribution in [0.5, 0.6) is 5.75 Å². The molecule has 8 heteroatoms. The molecule has 6 nitrogen and oxygen atoms in total. The summed E-state index contributed by atoms with van der Waals surface area (Å²) in [6.07, 6.45) is 1.32. The van der Waals surface area contributed by atoms with Crippen LogP contribution in [0, 0.1) is 20.7 Å². The van der Waals surface area contributed by atoms with Crippen molar-refractivity contribution in [3.8, 4) is 11.8 Å². The number of nitrogens with one attached hydrogen (secondary N) is 1. The van der Waals surface area contributed by atoms with E-state index in [-0.39, 0.29) is 18.0 Å². The molecule has 0 aliphatic carbocycles. The Morgan fingerprint density at radius 1 is 1.31 bits per heavy atom. The number of benzene rings is 2. The first-order valence-electron chi connectivity index (χ1n) is 7.29. The van der Waals surface area contributed by atoms with Gasteiger partial charge in [0.1, 0.15) is 29.8 Å². The summed E-state index contributed by atoms with van der Waals surface area (Å²) >= 11 is 2.03. The first kappa shape index (κ1) is 19.4. The van der Waals surface area contributed by atoms with Gasteiger partial charge in [0.2, 0.25) is 0 Å². The minimum Gasteiger partial charge on any atom is -0.488 e. The second-order valence-corrected chi connectivity index (χ2v) is 6.22. The Hall–Kier alpha value is -2.93. The third-order valence-corrected chi connectivity index (χ3v) is 4.05. The van der Waals surface area contributed by atoms with E-state index in [1.165, 1.54) is 12.1 Å². The van der Waals surface area contributed by atoms with Crippen molar-refractivity contribution in [1.29, 1.82) is 5.26 Å². The van der Waals surface area contributed by atoms with Crippen molar-refractivity contribution in [3.63, 3.8) is 0 Å². The number of carbonyl (C=O) groups excluding carboxylic acids is 2. The number of rotatable bonds is 5. The Labute approximate surface area is 162 Å². The number of primary amides is 1. The summed E-state index contributed by atoms with van der Waals surface area (Å²) in [7, 11) is 0. The second kappa shape index (κ2) is 8.96. The molecule has 26 heavy (non-hydrogen) atoms. The molecular weight excluding hydrogens is 452 g/mol. The molecule has 0 aliphatic rings. The number of ether oxygens (including phenoxy) is 1. The van der Waals surface area contributed by atoms with Gasteiger partial charge in [0.15, 0.2) is 0 Å². The molecule has 2 aromatic rings. The smallest absolute Gasteiger partial charge is 0.319 e. The molecule has 3 amide bonds. The lowest BCUT2D eigenvalue weighted by atomic mass is 10.1. The zero-order chi connectivity index (χ0) is 19.1. The van der Waals surface area contributed by atoms with Crippen LogP contribution in [0.1, 0.15) is 11.1 Å². The van der Waals surface area contributed by atoms with Gasteiger partial charge in [0, 0.05) is 5.56 Å². The highest BCUT2D eigenvalue weighted by atomic mass is 127. The number of halogens is 2. The Balaban J connectivity index is 2.15. The first-order chi connectivity index (χ1) is 12.4. The summed E-state index contributed by atoms with van der Waals surface area (Å²) < 4.78 is 19.9. The summed E-state index contributed by atoms with van der Waals surface area (Å²) in [5.74, 6) is -0.692. The average molecular weight is 465 g/mol. The van der Waals surface area contributed by atoms with Crippen LogP contribution < -0.4 is 15.8 Å². The predicted octanol–water partition coefficient (Wildman–Crippen LogP) is 3.11. The molecule has 0 aromatic heterocycles. The Bertz CT molecular complexity index is 922. The molecule has 0 saturated heterocycles. The fourth-order valence-electron chi connectivity index (χ4n) is 1.99. The fraction of sp³-hybridized carbons (Fsp3) is 0.0556. The van der Waals surface area contributed by atoms with Crippen LogP contribution in [0.3, 0.4) is 0 Å². The maximum Gasteiger partial charge on any atom is 0.319 e. The third kappa shape index (κ3) is 5.29. The highest BCUT2D eigenvalue weighted by Gasteiger charge is 2.11. The van der Waals surface area contributed by atoms with E-state index in [0.717, 1.165) is 0 Å². The van der Waals surface area contributed by atoms with Crippen LogP contribution in [-0.2, 0) is 11.4 Å². The lowest BCUT2D eigenvalue weighted by Crippen LogP contribution is -2.35. The standard InChI is InChI=1S/C18H13FIN3O3/c19-14-4-2-1-3-12(14)10-26-16-6-5-11(8-15(16)20)7-13(9-21)17(24)23-18(22)25/h1-8H,10H2,(H3,22,23,24,25)/b13-7-. The van der Waals surface area contributed by atoms with Gasteiger partial charge in [-0.3, -0.25) is 10.1 Å². The molecule has 0 saturated carbocycles. The monoisotopic (exact) mass is 465 g/mol. The van der Waals surface area contributed by atoms with Gasteiger partial charge in [-0.15, -0.1) is 0 Å². The molecule has 132 valence electrons. The maximum absolute atomic E-state index is 13.6. The largest absolute Gasteiger partial charge is 0.488 e. The molecule has 0 spiro atoms. The number of hydrogen-bond donors (Lipinski definition) is 2. The van der Waals surface area contributed by atoms with Gasteiger partial charge in [-0.1, -0.05) is 24.3 Å². The lowest BCUT2D eigenvalue weighted by Gasteiger charge is -2.09. The van der Waals surface area contributed by atoms with Crippen LogP contribution in [0.2, 0.25) is 0 Å². The lowest BCUT2D eigenvalue weighted by molar-refractivity contribution is -0.115. The van der Waals surface area contributed by atoms with E-state index in [2.05, 4.69) is 0 Å². The summed E-state index contributed by atoms with van der Waals surface area (Å²) in [4.78, 5) is 22.4. The normalized spacial score (nSPS) is 10.7. The van der Waals surface area contributed by atoms with Crippen molar-refractivity contribution in [3.05, 3.63) is 68.6 Å². The molecule has 2 rings (SSSR count). The Morgan fingerprint density at radius 3 is 2.65 bits per heavy atom. The third-order valence-electron chi connectivity index (χ3n) is 3.21. The van der Waals surface area contributed by atoms with Crippen molar-refractivity contribution < 1.29 is 18.7 Å². The molecule has 0 fully saturated rings. The van der Waals surface area contributed by atoms with Gasteiger partial charge < -0.3 is 10.5 Å². The van der Waals surface area contributed by atoms with Gasteiger partial charge >= 0.3 is 6.03 Å². The highest BCUT2D eigenvalue weighted by Crippen LogP contribution is 2.24. The van der Waals surface area contributed by atoms with Crippen molar-refractivity contribution in [1.82, 2.24) is 5.32 Å². The number of nitrogens with two attached hydrogens (primary N) is 1. The van der Waals surface area contributed by atoms with E-state index in [9.17, 15) is 14.0 Å². The van der Waals surface area contributed by atoms with Crippen molar-refractivity contribution in [2.45, 2.75) is 6.61 Å². The second-order valence-electron chi connectivity index (χ2n) is 5.06. The topological polar surface area (TPSA) is 105 Å². The summed E-state index contributed by atoms with van der Waals surface area (Å²) in [5.41, 5.74) is 5.59. The van der Waals surface area contributed by atoms with E-state index >= 15 is 0 Å². The summed E-state index contributed by atoms with van der Waals surface area (Å²) in [6, 6.07) is 12.0. The van der Waals surface area contributed by atoms with Crippen molar-refractivity contribution in [2.24, 2.45) is 5.73 Å². The zero-order valence-electron chi connectivity index (χ0n) is 13.3. The number of nitriles is 1. The number of hydrogen-bond acceptors (Lipinski definition) is 4. The summed E-state index contributed by atoms with van der Waals surface area (Å²) in [5, 5.41) is 10.9. The minimum atomic E-state index is -1.04. The van der Waals surface area contributed by atoms with Crippen molar-refractivity contribution in [2.75, 3.05) is 0 Å². The molecule has 0 heterocycles. The van der Waals surface area contributed by atoms with Crippen LogP contribution in [-0.4, -0.2) is 11.9 Å². The van der Waals surface area contributed by atoms with E-state index in [0.29, 0.717) is 20.4 Å². The molecule has 2 aromatic carbocycles. The molecular formula is C18H13FIN3O3. The molecule has 3 N–H and O–H groups in total. The van der Waals surface area contributed by atoms with Crippen LogP contribution in [0.25, 0.3) is 6.08 Å². The molecule has 0 bridgehead atoms. The van der Waals surface area contributed by atoms with Gasteiger partial charge in [0.05, 0.1) is 3.57 Å².